The number of carbonyl (C=O) groups is 2. The lowest BCUT2D eigenvalue weighted by molar-refractivity contribution is -0.139. The van der Waals surface area contributed by atoms with Crippen molar-refractivity contribution in [3.05, 3.63) is 0 Å². The fourth-order valence-corrected chi connectivity index (χ4v) is 1.66. The molecule has 0 aromatic rings. The third-order valence-electron chi connectivity index (χ3n) is 2.47. The molecule has 0 bridgehead atoms. The van der Waals surface area contributed by atoms with Crippen LogP contribution < -0.4 is 11.1 Å². The van der Waals surface area contributed by atoms with E-state index in [1.165, 1.54) is 6.42 Å². The molecule has 5 nitrogen and oxygen atoms in total. The Morgan fingerprint density at radius 1 is 1.29 bits per heavy atom. The van der Waals surface area contributed by atoms with Crippen LogP contribution in [0.25, 0.3) is 0 Å². The summed E-state index contributed by atoms with van der Waals surface area (Å²) in [5.74, 6) is -1.68. The predicted molar refractivity (Wildman–Crippen MR) is 50.2 cm³/mol. The van der Waals surface area contributed by atoms with Crippen LogP contribution in [0.2, 0.25) is 0 Å². The Hall–Kier alpha value is -1.10. The minimum absolute atomic E-state index is 0.0882. The molecule has 0 aromatic carbocycles. The SMILES string of the molecule is NC(=O)C(O)C(=O)NC1CCCCC1. The minimum Gasteiger partial charge on any atom is -0.375 e. The zero-order chi connectivity index (χ0) is 10.6. The van der Waals surface area contributed by atoms with Gasteiger partial charge in [0.25, 0.3) is 11.8 Å². The molecule has 4 N–H and O–H groups in total. The molecule has 80 valence electrons. The van der Waals surface area contributed by atoms with Crippen LogP contribution in [0.15, 0.2) is 0 Å². The fourth-order valence-electron chi connectivity index (χ4n) is 1.66. The Bertz CT molecular complexity index is 224. The first-order valence-corrected chi connectivity index (χ1v) is 4.89. The number of rotatable bonds is 3. The number of aliphatic hydroxyl groups excluding tert-OH is 1. The van der Waals surface area contributed by atoms with Gasteiger partial charge in [-0.25, -0.2) is 0 Å². The molecular formula is C9H16N2O3. The number of amides is 2. The van der Waals surface area contributed by atoms with E-state index in [0.717, 1.165) is 25.7 Å². The van der Waals surface area contributed by atoms with Gasteiger partial charge in [-0.05, 0) is 12.8 Å². The first kappa shape index (κ1) is 11.0. The van der Waals surface area contributed by atoms with Crippen molar-refractivity contribution in [3.63, 3.8) is 0 Å². The summed E-state index contributed by atoms with van der Waals surface area (Å²) in [6.45, 7) is 0. The number of hydrogen-bond acceptors (Lipinski definition) is 3. The van der Waals surface area contributed by atoms with E-state index in [-0.39, 0.29) is 6.04 Å². The second-order valence-electron chi connectivity index (χ2n) is 3.65. The number of primary amides is 1. The van der Waals surface area contributed by atoms with Gasteiger partial charge < -0.3 is 16.2 Å². The van der Waals surface area contributed by atoms with Gasteiger partial charge >= 0.3 is 0 Å². The van der Waals surface area contributed by atoms with Crippen LogP contribution in [-0.4, -0.2) is 29.1 Å². The topological polar surface area (TPSA) is 92.4 Å². The van der Waals surface area contributed by atoms with Gasteiger partial charge in [0.15, 0.2) is 0 Å². The maximum Gasteiger partial charge on any atom is 0.258 e. The molecule has 0 heterocycles. The van der Waals surface area contributed by atoms with E-state index in [1.807, 2.05) is 0 Å². The average molecular weight is 200 g/mol. The minimum atomic E-state index is -1.71. The fraction of sp³-hybridized carbons (Fsp3) is 0.778. The van der Waals surface area contributed by atoms with E-state index in [4.69, 9.17) is 10.8 Å². The van der Waals surface area contributed by atoms with E-state index in [0.29, 0.717) is 0 Å². The molecule has 1 saturated carbocycles. The summed E-state index contributed by atoms with van der Waals surface area (Å²) in [4.78, 5) is 21.7. The Kier molecular flexibility index (Phi) is 3.88. The smallest absolute Gasteiger partial charge is 0.258 e. The summed E-state index contributed by atoms with van der Waals surface area (Å²) in [7, 11) is 0. The van der Waals surface area contributed by atoms with Gasteiger partial charge in [-0.15, -0.1) is 0 Å². The number of nitrogens with one attached hydrogen (secondary N) is 1. The molecule has 1 atom stereocenters. The van der Waals surface area contributed by atoms with Crippen molar-refractivity contribution in [3.8, 4) is 0 Å². The molecule has 0 aromatic heterocycles. The van der Waals surface area contributed by atoms with E-state index in [9.17, 15) is 9.59 Å². The molecule has 0 radical (unpaired) electrons. The van der Waals surface area contributed by atoms with Crippen LogP contribution in [0.1, 0.15) is 32.1 Å². The molecule has 1 aliphatic carbocycles. The lowest BCUT2D eigenvalue weighted by Crippen LogP contribution is -2.47. The van der Waals surface area contributed by atoms with Gasteiger partial charge in [0, 0.05) is 6.04 Å². The summed E-state index contributed by atoms with van der Waals surface area (Å²) in [6, 6.07) is 0.0882. The van der Waals surface area contributed by atoms with Gasteiger partial charge in [0.05, 0.1) is 0 Å². The van der Waals surface area contributed by atoms with Gasteiger partial charge in [0.1, 0.15) is 0 Å². The molecule has 1 unspecified atom stereocenters. The van der Waals surface area contributed by atoms with Crippen LogP contribution in [0.5, 0.6) is 0 Å². The quantitative estimate of drug-likeness (QED) is 0.525. The molecule has 2 amide bonds. The first-order chi connectivity index (χ1) is 6.61. The maximum atomic E-state index is 11.2. The molecule has 0 saturated heterocycles. The second kappa shape index (κ2) is 4.95. The lowest BCUT2D eigenvalue weighted by Gasteiger charge is -2.23. The standard InChI is InChI=1S/C9H16N2O3/c10-8(13)7(12)9(14)11-6-4-2-1-3-5-6/h6-7,12H,1-5H2,(H2,10,13)(H,11,14). The Morgan fingerprint density at radius 2 is 1.86 bits per heavy atom. The first-order valence-electron chi connectivity index (χ1n) is 4.89. The van der Waals surface area contributed by atoms with Gasteiger partial charge in [0.2, 0.25) is 6.10 Å². The van der Waals surface area contributed by atoms with Crippen LogP contribution >= 0.6 is 0 Å². The summed E-state index contributed by atoms with van der Waals surface area (Å²) in [5.41, 5.74) is 4.79. The third kappa shape index (κ3) is 2.99. The highest BCUT2D eigenvalue weighted by molar-refractivity contribution is 6.02. The Morgan fingerprint density at radius 3 is 2.36 bits per heavy atom. The second-order valence-corrected chi connectivity index (χ2v) is 3.65. The average Bonchev–Trinajstić information content (AvgIpc) is 2.18. The molecule has 0 aliphatic heterocycles. The van der Waals surface area contributed by atoms with E-state index >= 15 is 0 Å². The van der Waals surface area contributed by atoms with Gasteiger partial charge in [-0.1, -0.05) is 19.3 Å². The monoisotopic (exact) mass is 200 g/mol. The Labute approximate surface area is 82.7 Å². The van der Waals surface area contributed by atoms with Crippen molar-refractivity contribution < 1.29 is 14.7 Å². The largest absolute Gasteiger partial charge is 0.375 e. The normalized spacial score (nSPS) is 20.1. The number of hydrogen-bond donors (Lipinski definition) is 3. The summed E-state index contributed by atoms with van der Waals surface area (Å²) in [6.07, 6.45) is 3.46. The number of nitrogens with two attached hydrogens (primary N) is 1. The maximum absolute atomic E-state index is 11.2. The predicted octanol–water partition coefficient (Wildman–Crippen LogP) is -0.719. The van der Waals surface area contributed by atoms with E-state index in [2.05, 4.69) is 5.32 Å². The van der Waals surface area contributed by atoms with E-state index < -0.39 is 17.9 Å². The van der Waals surface area contributed by atoms with E-state index in [1.54, 1.807) is 0 Å². The van der Waals surface area contributed by atoms with Crippen LogP contribution in [0.4, 0.5) is 0 Å². The highest BCUT2D eigenvalue weighted by atomic mass is 16.3. The lowest BCUT2D eigenvalue weighted by atomic mass is 9.95. The molecule has 1 fully saturated rings. The summed E-state index contributed by atoms with van der Waals surface area (Å²) < 4.78 is 0. The van der Waals surface area contributed by atoms with Gasteiger partial charge in [-0.2, -0.15) is 0 Å². The summed E-state index contributed by atoms with van der Waals surface area (Å²) >= 11 is 0. The molecule has 1 rings (SSSR count). The van der Waals surface area contributed by atoms with Crippen LogP contribution in [0.3, 0.4) is 0 Å². The van der Waals surface area contributed by atoms with Crippen molar-refractivity contribution in [1.29, 1.82) is 0 Å². The number of aliphatic hydroxyl groups is 1. The van der Waals surface area contributed by atoms with Crippen molar-refractivity contribution >= 4 is 11.8 Å². The van der Waals surface area contributed by atoms with Crippen molar-refractivity contribution in [2.24, 2.45) is 5.73 Å². The molecular weight excluding hydrogens is 184 g/mol. The zero-order valence-electron chi connectivity index (χ0n) is 8.03. The molecule has 0 spiro atoms. The van der Waals surface area contributed by atoms with Gasteiger partial charge in [-0.3, -0.25) is 9.59 Å². The molecule has 14 heavy (non-hydrogen) atoms. The van der Waals surface area contributed by atoms with Crippen molar-refractivity contribution in [2.45, 2.75) is 44.2 Å². The van der Waals surface area contributed by atoms with Crippen LogP contribution in [0, 0.1) is 0 Å². The highest BCUT2D eigenvalue weighted by Crippen LogP contribution is 2.17. The zero-order valence-corrected chi connectivity index (χ0v) is 8.03. The summed E-state index contributed by atoms with van der Waals surface area (Å²) in [5, 5.41) is 11.6. The molecule has 5 heteroatoms. The van der Waals surface area contributed by atoms with Crippen LogP contribution in [-0.2, 0) is 9.59 Å². The number of carbonyl (C=O) groups excluding carboxylic acids is 2. The molecule has 1 aliphatic rings. The Balaban J connectivity index is 2.35. The third-order valence-corrected chi connectivity index (χ3v) is 2.47. The van der Waals surface area contributed by atoms with Crippen molar-refractivity contribution in [2.75, 3.05) is 0 Å². The van der Waals surface area contributed by atoms with Crippen molar-refractivity contribution in [1.82, 2.24) is 5.32 Å². The highest BCUT2D eigenvalue weighted by Gasteiger charge is 2.24.